The largest absolute Gasteiger partial charge is 0.462 e. The fourth-order valence-corrected chi connectivity index (χ4v) is 7.49. The van der Waals surface area contributed by atoms with E-state index in [1.54, 1.807) is 0 Å². The van der Waals surface area contributed by atoms with Gasteiger partial charge in [0.1, 0.15) is 13.2 Å². The molecule has 6 heteroatoms. The van der Waals surface area contributed by atoms with Crippen LogP contribution in [0.5, 0.6) is 0 Å². The Morgan fingerprint density at radius 1 is 0.323 bits per heavy atom. The zero-order chi connectivity index (χ0) is 47.2. The normalized spacial score (nSPS) is 12.6. The van der Waals surface area contributed by atoms with Gasteiger partial charge in [-0.3, -0.25) is 14.4 Å². The van der Waals surface area contributed by atoms with E-state index in [1.165, 1.54) is 148 Å². The molecule has 0 aliphatic rings. The molecule has 1 unspecified atom stereocenters. The van der Waals surface area contributed by atoms with Crippen LogP contribution in [0.25, 0.3) is 0 Å². The molecule has 0 rings (SSSR count). The second kappa shape index (κ2) is 53.5. The summed E-state index contributed by atoms with van der Waals surface area (Å²) in [4.78, 5) is 38.0. The van der Waals surface area contributed by atoms with Gasteiger partial charge in [0.2, 0.25) is 0 Å². The summed E-state index contributed by atoms with van der Waals surface area (Å²) >= 11 is 0. The number of ether oxygens (including phenoxy) is 3. The van der Waals surface area contributed by atoms with Crippen molar-refractivity contribution in [3.05, 3.63) is 72.9 Å². The highest BCUT2D eigenvalue weighted by Crippen LogP contribution is 2.14. The lowest BCUT2D eigenvalue weighted by Crippen LogP contribution is -2.30. The van der Waals surface area contributed by atoms with Gasteiger partial charge in [-0.1, -0.05) is 222 Å². The van der Waals surface area contributed by atoms with Crippen LogP contribution in [0.2, 0.25) is 0 Å². The van der Waals surface area contributed by atoms with E-state index in [4.69, 9.17) is 14.2 Å². The molecule has 65 heavy (non-hydrogen) atoms. The van der Waals surface area contributed by atoms with Crippen molar-refractivity contribution < 1.29 is 28.6 Å². The molecule has 6 nitrogen and oxygen atoms in total. The molecule has 0 amide bonds. The molecule has 0 spiro atoms. The summed E-state index contributed by atoms with van der Waals surface area (Å²) in [6, 6.07) is 0. The van der Waals surface area contributed by atoms with Crippen molar-refractivity contribution in [3.8, 4) is 0 Å². The smallest absolute Gasteiger partial charge is 0.306 e. The quantitative estimate of drug-likeness (QED) is 0.0199. The molecule has 0 heterocycles. The van der Waals surface area contributed by atoms with E-state index in [9.17, 15) is 14.4 Å². The second-order valence-corrected chi connectivity index (χ2v) is 18.2. The van der Waals surface area contributed by atoms with Crippen LogP contribution in [0.1, 0.15) is 265 Å². The Labute approximate surface area is 402 Å². The first kappa shape index (κ1) is 61.9. The van der Waals surface area contributed by atoms with Crippen molar-refractivity contribution >= 4 is 17.9 Å². The monoisotopic (exact) mass is 907 g/mol. The Morgan fingerprint density at radius 2 is 0.631 bits per heavy atom. The third-order valence-corrected chi connectivity index (χ3v) is 11.7. The first-order valence-electron chi connectivity index (χ1n) is 27.5. The average Bonchev–Trinajstić information content (AvgIpc) is 3.30. The molecule has 0 saturated heterocycles. The lowest BCUT2D eigenvalue weighted by atomic mass is 10.1. The van der Waals surface area contributed by atoms with Crippen LogP contribution in [0.3, 0.4) is 0 Å². The molecular formula is C59H102O6. The Kier molecular flexibility index (Phi) is 50.9. The summed E-state index contributed by atoms with van der Waals surface area (Å²) in [5.74, 6) is -0.962. The molecule has 0 aliphatic carbocycles. The number of unbranched alkanes of at least 4 members (excludes halogenated alkanes) is 27. The molecule has 374 valence electrons. The van der Waals surface area contributed by atoms with E-state index in [2.05, 4.69) is 93.7 Å². The Bertz CT molecular complexity index is 1230. The van der Waals surface area contributed by atoms with E-state index in [1.807, 2.05) is 0 Å². The van der Waals surface area contributed by atoms with Crippen LogP contribution in [-0.2, 0) is 28.6 Å². The highest BCUT2D eigenvalue weighted by atomic mass is 16.6. The topological polar surface area (TPSA) is 78.9 Å². The minimum atomic E-state index is -0.806. The summed E-state index contributed by atoms with van der Waals surface area (Å²) in [5.41, 5.74) is 0. The molecular weight excluding hydrogens is 805 g/mol. The van der Waals surface area contributed by atoms with Crippen molar-refractivity contribution in [1.82, 2.24) is 0 Å². The van der Waals surface area contributed by atoms with E-state index in [-0.39, 0.29) is 37.5 Å². The summed E-state index contributed by atoms with van der Waals surface area (Å²) in [5, 5.41) is 0. The molecule has 0 aromatic heterocycles. The molecule has 0 N–H and O–H groups in total. The molecule has 0 fully saturated rings. The minimum Gasteiger partial charge on any atom is -0.462 e. The number of rotatable bonds is 49. The van der Waals surface area contributed by atoms with Crippen LogP contribution in [-0.4, -0.2) is 37.2 Å². The SMILES string of the molecule is CCCC/C=C\CCCCCCCC(=O)OCC(COC(=O)CCCCCCCCCCCC/C=C\C=C/CCCCC)OC(=O)CCC/C=C\C/C=C\C/C=C\CCCCCCCC. The van der Waals surface area contributed by atoms with Crippen molar-refractivity contribution in [2.75, 3.05) is 13.2 Å². The van der Waals surface area contributed by atoms with Gasteiger partial charge < -0.3 is 14.2 Å². The van der Waals surface area contributed by atoms with Gasteiger partial charge in [0.05, 0.1) is 0 Å². The Balaban J connectivity index is 4.42. The van der Waals surface area contributed by atoms with E-state index >= 15 is 0 Å². The average molecular weight is 907 g/mol. The van der Waals surface area contributed by atoms with Gasteiger partial charge in [-0.2, -0.15) is 0 Å². The van der Waals surface area contributed by atoms with Gasteiger partial charge in [-0.05, 0) is 96.3 Å². The molecule has 0 aliphatic heterocycles. The van der Waals surface area contributed by atoms with E-state index < -0.39 is 6.10 Å². The van der Waals surface area contributed by atoms with E-state index in [0.29, 0.717) is 19.3 Å². The summed E-state index contributed by atoms with van der Waals surface area (Å²) in [6.45, 7) is 6.52. The molecule has 0 saturated carbocycles. The lowest BCUT2D eigenvalue weighted by Gasteiger charge is -2.18. The summed E-state index contributed by atoms with van der Waals surface area (Å²) < 4.78 is 16.8. The van der Waals surface area contributed by atoms with Crippen LogP contribution < -0.4 is 0 Å². The van der Waals surface area contributed by atoms with Crippen molar-refractivity contribution in [1.29, 1.82) is 0 Å². The maximum atomic E-state index is 12.8. The molecule has 0 aromatic carbocycles. The van der Waals surface area contributed by atoms with Gasteiger partial charge in [0.25, 0.3) is 0 Å². The van der Waals surface area contributed by atoms with Crippen LogP contribution >= 0.6 is 0 Å². The zero-order valence-corrected chi connectivity index (χ0v) is 42.7. The van der Waals surface area contributed by atoms with Crippen molar-refractivity contribution in [3.63, 3.8) is 0 Å². The molecule has 0 aromatic rings. The van der Waals surface area contributed by atoms with Gasteiger partial charge in [0.15, 0.2) is 6.10 Å². The van der Waals surface area contributed by atoms with Crippen LogP contribution in [0.15, 0.2) is 72.9 Å². The zero-order valence-electron chi connectivity index (χ0n) is 42.7. The van der Waals surface area contributed by atoms with Crippen LogP contribution in [0.4, 0.5) is 0 Å². The summed E-state index contributed by atoms with van der Waals surface area (Å²) in [7, 11) is 0. The standard InChI is InChI=1S/C59H102O6/c1-4-7-10-13-16-19-22-24-26-28-29-31-32-34-37-40-43-46-49-52-58(61)64-55-56(54-63-57(60)51-48-45-42-39-36-21-18-15-12-9-6-3)65-59(62)53-50-47-44-41-38-35-33-30-27-25-23-20-17-14-11-8-5-2/h15-16,18-19,22,24-25,27,33,35,41,44,56H,4-14,17,20-21,23,26,28-32,34,36-40,42-43,45-55H2,1-3H3/b18-15-,19-16-,24-22-,27-25-,35-33-,44-41-. The number of carbonyl (C=O) groups excluding carboxylic acids is 3. The number of hydrogen-bond donors (Lipinski definition) is 0. The fourth-order valence-electron chi connectivity index (χ4n) is 7.49. The summed E-state index contributed by atoms with van der Waals surface area (Å²) in [6.07, 6.45) is 67.5. The highest BCUT2D eigenvalue weighted by molar-refractivity contribution is 5.71. The lowest BCUT2D eigenvalue weighted by molar-refractivity contribution is -0.167. The number of hydrogen-bond acceptors (Lipinski definition) is 6. The van der Waals surface area contributed by atoms with Gasteiger partial charge in [-0.25, -0.2) is 0 Å². The molecule has 0 bridgehead atoms. The number of carbonyl (C=O) groups is 3. The van der Waals surface area contributed by atoms with Crippen molar-refractivity contribution in [2.45, 2.75) is 271 Å². The fraction of sp³-hybridized carbons (Fsp3) is 0.746. The predicted molar refractivity (Wildman–Crippen MR) is 279 cm³/mol. The van der Waals surface area contributed by atoms with E-state index in [0.717, 1.165) is 70.6 Å². The number of esters is 3. The third-order valence-electron chi connectivity index (χ3n) is 11.7. The second-order valence-electron chi connectivity index (χ2n) is 18.2. The molecule has 0 radical (unpaired) electrons. The maximum Gasteiger partial charge on any atom is 0.306 e. The molecule has 1 atom stereocenters. The van der Waals surface area contributed by atoms with Gasteiger partial charge in [-0.15, -0.1) is 0 Å². The minimum absolute atomic E-state index is 0.0995. The third kappa shape index (κ3) is 51.7. The highest BCUT2D eigenvalue weighted by Gasteiger charge is 2.19. The Morgan fingerprint density at radius 3 is 1.09 bits per heavy atom. The van der Waals surface area contributed by atoms with Crippen LogP contribution in [0, 0.1) is 0 Å². The van der Waals surface area contributed by atoms with Gasteiger partial charge in [0, 0.05) is 19.3 Å². The maximum absolute atomic E-state index is 12.8. The first-order chi connectivity index (χ1) is 32.0. The predicted octanol–water partition coefficient (Wildman–Crippen LogP) is 18.2. The number of allylic oxidation sites excluding steroid dienone is 12. The first-order valence-corrected chi connectivity index (χ1v) is 27.5. The Hall–Kier alpha value is -3.15. The van der Waals surface area contributed by atoms with Crippen molar-refractivity contribution in [2.24, 2.45) is 0 Å². The van der Waals surface area contributed by atoms with Gasteiger partial charge >= 0.3 is 17.9 Å².